The van der Waals surface area contributed by atoms with Crippen molar-refractivity contribution < 1.29 is 4.74 Å². The Morgan fingerprint density at radius 3 is 2.71 bits per heavy atom. The minimum atomic E-state index is 0.453. The number of alkyl halides is 1. The number of halogens is 1. The van der Waals surface area contributed by atoms with E-state index in [4.69, 9.17) is 16.3 Å². The molecule has 0 aliphatic heterocycles. The molecule has 17 heavy (non-hydrogen) atoms. The smallest absolute Gasteiger partial charge is 0.137 e. The van der Waals surface area contributed by atoms with E-state index < -0.39 is 0 Å². The van der Waals surface area contributed by atoms with Gasteiger partial charge in [-0.2, -0.15) is 0 Å². The topological polar surface area (TPSA) is 22.1 Å². The summed E-state index contributed by atoms with van der Waals surface area (Å²) < 4.78 is 5.75. The molecular formula is C14H22ClNO. The Bertz CT molecular complexity index is 300. The lowest BCUT2D eigenvalue weighted by Crippen LogP contribution is -2.11. The highest BCUT2D eigenvalue weighted by atomic mass is 35.5. The van der Waals surface area contributed by atoms with Crippen LogP contribution in [-0.2, 0) is 5.88 Å². The predicted octanol–water partition coefficient (Wildman–Crippen LogP) is 4.42. The fourth-order valence-electron chi connectivity index (χ4n) is 1.69. The highest BCUT2D eigenvalue weighted by Crippen LogP contribution is 2.16. The number of ether oxygens (including phenoxy) is 1. The van der Waals surface area contributed by atoms with Gasteiger partial charge in [0.05, 0.1) is 24.4 Å². The molecule has 1 aromatic rings. The van der Waals surface area contributed by atoms with Crippen LogP contribution in [0.4, 0.5) is 0 Å². The Morgan fingerprint density at radius 1 is 1.35 bits per heavy atom. The summed E-state index contributed by atoms with van der Waals surface area (Å²) in [5, 5.41) is 0. The first-order valence-corrected chi connectivity index (χ1v) is 6.97. The van der Waals surface area contributed by atoms with E-state index in [1.807, 2.05) is 12.1 Å². The van der Waals surface area contributed by atoms with E-state index in [1.54, 1.807) is 6.20 Å². The van der Waals surface area contributed by atoms with Crippen molar-refractivity contribution in [2.24, 2.45) is 5.92 Å². The summed E-state index contributed by atoms with van der Waals surface area (Å²) in [6, 6.07) is 3.85. The van der Waals surface area contributed by atoms with Crippen LogP contribution in [0.1, 0.15) is 45.2 Å². The van der Waals surface area contributed by atoms with Crippen molar-refractivity contribution in [1.29, 1.82) is 0 Å². The fourth-order valence-corrected chi connectivity index (χ4v) is 1.85. The second-order valence-corrected chi connectivity index (χ2v) is 4.61. The van der Waals surface area contributed by atoms with Crippen LogP contribution in [0.15, 0.2) is 18.3 Å². The molecule has 1 unspecified atom stereocenters. The van der Waals surface area contributed by atoms with E-state index in [9.17, 15) is 0 Å². The van der Waals surface area contributed by atoms with Crippen molar-refractivity contribution in [3.05, 3.63) is 24.0 Å². The molecule has 0 fully saturated rings. The number of rotatable bonds is 8. The standard InChI is InChI=1S/C14H22ClNO/c1-3-5-6-12(4-2)11-17-14-8-7-13(9-15)16-10-14/h7-8,10,12H,3-6,9,11H2,1-2H3. The molecule has 0 bridgehead atoms. The molecule has 1 heterocycles. The quantitative estimate of drug-likeness (QED) is 0.642. The Balaban J connectivity index is 2.36. The van der Waals surface area contributed by atoms with Crippen molar-refractivity contribution in [3.8, 4) is 5.75 Å². The van der Waals surface area contributed by atoms with Crippen molar-refractivity contribution in [2.75, 3.05) is 6.61 Å². The minimum Gasteiger partial charge on any atom is -0.492 e. The van der Waals surface area contributed by atoms with Crippen LogP contribution >= 0.6 is 11.6 Å². The van der Waals surface area contributed by atoms with Gasteiger partial charge in [0.25, 0.3) is 0 Å². The van der Waals surface area contributed by atoms with Crippen LogP contribution < -0.4 is 4.74 Å². The molecule has 0 saturated heterocycles. The zero-order valence-corrected chi connectivity index (χ0v) is 11.5. The summed E-state index contributed by atoms with van der Waals surface area (Å²) in [5.74, 6) is 1.95. The van der Waals surface area contributed by atoms with Crippen molar-refractivity contribution in [3.63, 3.8) is 0 Å². The molecule has 0 aromatic carbocycles. The normalized spacial score (nSPS) is 12.4. The first-order chi connectivity index (χ1) is 8.30. The van der Waals surface area contributed by atoms with E-state index in [0.29, 0.717) is 11.8 Å². The molecule has 3 heteroatoms. The van der Waals surface area contributed by atoms with Crippen LogP contribution in [0.25, 0.3) is 0 Å². The lowest BCUT2D eigenvalue weighted by atomic mass is 10.0. The van der Waals surface area contributed by atoms with Gasteiger partial charge in [0.15, 0.2) is 0 Å². The molecule has 96 valence electrons. The van der Waals surface area contributed by atoms with Gasteiger partial charge >= 0.3 is 0 Å². The summed E-state index contributed by atoms with van der Waals surface area (Å²) >= 11 is 5.68. The van der Waals surface area contributed by atoms with E-state index in [0.717, 1.165) is 18.1 Å². The number of hydrogen-bond acceptors (Lipinski definition) is 2. The highest BCUT2D eigenvalue weighted by molar-refractivity contribution is 6.16. The number of hydrogen-bond donors (Lipinski definition) is 0. The molecule has 1 aromatic heterocycles. The Labute approximate surface area is 109 Å². The van der Waals surface area contributed by atoms with Crippen molar-refractivity contribution in [1.82, 2.24) is 4.98 Å². The van der Waals surface area contributed by atoms with Crippen molar-refractivity contribution in [2.45, 2.75) is 45.4 Å². The van der Waals surface area contributed by atoms with E-state index in [1.165, 1.54) is 25.7 Å². The third kappa shape index (κ3) is 5.40. The van der Waals surface area contributed by atoms with Crippen LogP contribution in [0, 0.1) is 5.92 Å². The molecule has 0 aliphatic rings. The second kappa shape index (κ2) is 8.35. The molecule has 0 saturated carbocycles. The van der Waals surface area contributed by atoms with E-state index >= 15 is 0 Å². The lowest BCUT2D eigenvalue weighted by Gasteiger charge is -2.15. The fraction of sp³-hybridized carbons (Fsp3) is 0.643. The Morgan fingerprint density at radius 2 is 2.18 bits per heavy atom. The Kier molecular flexibility index (Phi) is 7.02. The largest absolute Gasteiger partial charge is 0.492 e. The lowest BCUT2D eigenvalue weighted by molar-refractivity contribution is 0.232. The first-order valence-electron chi connectivity index (χ1n) is 6.43. The Hall–Kier alpha value is -0.760. The maximum atomic E-state index is 5.75. The molecule has 0 aliphatic carbocycles. The summed E-state index contributed by atoms with van der Waals surface area (Å²) in [7, 11) is 0. The van der Waals surface area contributed by atoms with E-state index in [2.05, 4.69) is 18.8 Å². The van der Waals surface area contributed by atoms with Gasteiger partial charge in [-0.15, -0.1) is 11.6 Å². The molecular weight excluding hydrogens is 234 g/mol. The van der Waals surface area contributed by atoms with Crippen LogP contribution in [0.3, 0.4) is 0 Å². The third-order valence-electron chi connectivity index (χ3n) is 2.96. The third-order valence-corrected chi connectivity index (χ3v) is 3.24. The maximum Gasteiger partial charge on any atom is 0.137 e. The molecule has 0 N–H and O–H groups in total. The highest BCUT2D eigenvalue weighted by Gasteiger charge is 2.06. The van der Waals surface area contributed by atoms with Gasteiger partial charge in [0.1, 0.15) is 5.75 Å². The number of nitrogens with zero attached hydrogens (tertiary/aromatic N) is 1. The number of unbranched alkanes of at least 4 members (excludes halogenated alkanes) is 1. The van der Waals surface area contributed by atoms with Gasteiger partial charge in [0.2, 0.25) is 0 Å². The molecule has 0 spiro atoms. The average molecular weight is 256 g/mol. The van der Waals surface area contributed by atoms with Crippen LogP contribution in [-0.4, -0.2) is 11.6 Å². The van der Waals surface area contributed by atoms with Crippen LogP contribution in [0.5, 0.6) is 5.75 Å². The van der Waals surface area contributed by atoms with Gasteiger partial charge in [-0.1, -0.05) is 33.1 Å². The van der Waals surface area contributed by atoms with Crippen LogP contribution in [0.2, 0.25) is 0 Å². The zero-order chi connectivity index (χ0) is 12.5. The zero-order valence-electron chi connectivity index (χ0n) is 10.8. The van der Waals surface area contributed by atoms with Gasteiger partial charge in [0, 0.05) is 0 Å². The minimum absolute atomic E-state index is 0.453. The van der Waals surface area contributed by atoms with E-state index in [-0.39, 0.29) is 0 Å². The second-order valence-electron chi connectivity index (χ2n) is 4.35. The van der Waals surface area contributed by atoms with Gasteiger partial charge < -0.3 is 4.74 Å². The predicted molar refractivity (Wildman–Crippen MR) is 72.6 cm³/mol. The summed E-state index contributed by atoms with van der Waals surface area (Å²) in [4.78, 5) is 4.21. The molecule has 1 rings (SSSR count). The number of aromatic nitrogens is 1. The molecule has 0 radical (unpaired) electrons. The maximum absolute atomic E-state index is 5.75. The molecule has 1 atom stereocenters. The number of pyridine rings is 1. The summed E-state index contributed by atoms with van der Waals surface area (Å²) in [6.07, 6.45) is 6.71. The van der Waals surface area contributed by atoms with Gasteiger partial charge in [-0.3, -0.25) is 4.98 Å². The van der Waals surface area contributed by atoms with Gasteiger partial charge in [-0.25, -0.2) is 0 Å². The van der Waals surface area contributed by atoms with Gasteiger partial charge in [-0.05, 0) is 24.5 Å². The average Bonchev–Trinajstić information content (AvgIpc) is 2.39. The summed E-state index contributed by atoms with van der Waals surface area (Å²) in [6.45, 7) is 5.24. The first kappa shape index (κ1) is 14.3. The SMILES string of the molecule is CCCCC(CC)COc1ccc(CCl)nc1. The van der Waals surface area contributed by atoms with Crippen molar-refractivity contribution >= 4 is 11.6 Å². The molecule has 2 nitrogen and oxygen atoms in total. The monoisotopic (exact) mass is 255 g/mol. The summed E-state index contributed by atoms with van der Waals surface area (Å²) in [5.41, 5.74) is 0.886. The molecule has 0 amide bonds.